The molecule has 9 heteroatoms. The van der Waals surface area contributed by atoms with Crippen LogP contribution in [0.5, 0.6) is 0 Å². The third-order valence-electron chi connectivity index (χ3n) is 4.85. The lowest BCUT2D eigenvalue weighted by Crippen LogP contribution is -2.22. The predicted molar refractivity (Wildman–Crippen MR) is 118 cm³/mol. The van der Waals surface area contributed by atoms with Crippen LogP contribution in [-0.2, 0) is 17.9 Å². The standard InChI is InChI=1S/C25H20F3N3O3/c26-25(27,28)16-33-15-18-8-6-17(7-9-18)14-29-22(32)19-10-12-21(13-11-19)24-31-30-23(34-24)20-4-2-1-3-5-20/h1-13H,14-16H2,(H,29,32). The summed E-state index contributed by atoms with van der Waals surface area (Å²) in [5.74, 6) is 0.500. The number of aromatic nitrogens is 2. The van der Waals surface area contributed by atoms with Crippen molar-refractivity contribution in [3.05, 3.63) is 95.6 Å². The first-order valence-corrected chi connectivity index (χ1v) is 10.4. The van der Waals surface area contributed by atoms with E-state index in [-0.39, 0.29) is 19.1 Å². The summed E-state index contributed by atoms with van der Waals surface area (Å²) in [6, 6.07) is 23.0. The molecule has 0 unspecified atom stereocenters. The molecule has 174 valence electrons. The molecule has 0 fully saturated rings. The Labute approximate surface area is 193 Å². The predicted octanol–water partition coefficient (Wildman–Crippen LogP) is 5.41. The molecule has 0 saturated carbocycles. The third kappa shape index (κ3) is 6.29. The lowest BCUT2D eigenvalue weighted by molar-refractivity contribution is -0.176. The fourth-order valence-electron chi connectivity index (χ4n) is 3.12. The number of nitrogens with zero attached hydrogens (tertiary/aromatic N) is 2. The second kappa shape index (κ2) is 10.3. The Kier molecular flexibility index (Phi) is 7.03. The average molecular weight is 467 g/mol. The van der Waals surface area contributed by atoms with Gasteiger partial charge in [-0.15, -0.1) is 10.2 Å². The second-order valence-corrected chi connectivity index (χ2v) is 7.46. The molecule has 0 bridgehead atoms. The summed E-state index contributed by atoms with van der Waals surface area (Å²) in [6.07, 6.45) is -4.35. The van der Waals surface area contributed by atoms with Crippen molar-refractivity contribution in [1.82, 2.24) is 15.5 Å². The Bertz CT molecular complexity index is 1220. The lowest BCUT2D eigenvalue weighted by Gasteiger charge is -2.09. The van der Waals surface area contributed by atoms with Gasteiger partial charge < -0.3 is 14.5 Å². The SMILES string of the molecule is O=C(NCc1ccc(COCC(F)(F)F)cc1)c1ccc(-c2nnc(-c3ccccc3)o2)cc1. The van der Waals surface area contributed by atoms with E-state index in [4.69, 9.17) is 4.42 Å². The molecule has 0 saturated heterocycles. The minimum atomic E-state index is -4.35. The normalized spacial score (nSPS) is 11.4. The zero-order valence-electron chi connectivity index (χ0n) is 17.9. The number of hydrogen-bond donors (Lipinski definition) is 1. The van der Waals surface area contributed by atoms with Gasteiger partial charge in [-0.25, -0.2) is 0 Å². The molecule has 4 aromatic rings. The summed E-state index contributed by atoms with van der Waals surface area (Å²) in [5.41, 5.74) is 3.40. The summed E-state index contributed by atoms with van der Waals surface area (Å²) in [7, 11) is 0. The third-order valence-corrected chi connectivity index (χ3v) is 4.85. The Morgan fingerprint density at radius 1 is 0.824 bits per heavy atom. The van der Waals surface area contributed by atoms with E-state index in [9.17, 15) is 18.0 Å². The number of carbonyl (C=O) groups excluding carboxylic acids is 1. The van der Waals surface area contributed by atoms with Crippen LogP contribution >= 0.6 is 0 Å². The molecule has 1 aromatic heterocycles. The summed E-state index contributed by atoms with van der Waals surface area (Å²) in [5, 5.41) is 10.9. The largest absolute Gasteiger partial charge is 0.416 e. The van der Waals surface area contributed by atoms with E-state index in [2.05, 4.69) is 20.3 Å². The van der Waals surface area contributed by atoms with Gasteiger partial charge in [0.25, 0.3) is 5.91 Å². The minimum absolute atomic E-state index is 0.134. The van der Waals surface area contributed by atoms with E-state index in [0.717, 1.165) is 11.1 Å². The lowest BCUT2D eigenvalue weighted by atomic mass is 10.1. The Hall–Kier alpha value is -3.98. The Balaban J connectivity index is 1.30. The molecule has 0 aliphatic rings. The number of carbonyl (C=O) groups is 1. The molecule has 1 amide bonds. The maximum absolute atomic E-state index is 12.5. The fourth-order valence-corrected chi connectivity index (χ4v) is 3.12. The van der Waals surface area contributed by atoms with Crippen molar-refractivity contribution in [3.63, 3.8) is 0 Å². The van der Waals surface area contributed by atoms with Gasteiger partial charge in [0.15, 0.2) is 0 Å². The van der Waals surface area contributed by atoms with Gasteiger partial charge in [0.1, 0.15) is 6.61 Å². The molecule has 1 heterocycles. The number of rotatable bonds is 8. The first-order valence-electron chi connectivity index (χ1n) is 10.4. The van der Waals surface area contributed by atoms with Crippen LogP contribution in [0.2, 0.25) is 0 Å². The smallest absolute Gasteiger partial charge is 0.411 e. The molecule has 4 rings (SSSR count). The van der Waals surface area contributed by atoms with Crippen molar-refractivity contribution < 1.29 is 27.1 Å². The summed E-state index contributed by atoms with van der Waals surface area (Å²) >= 11 is 0. The van der Waals surface area contributed by atoms with Gasteiger partial charge in [-0.05, 0) is 47.5 Å². The zero-order chi connectivity index (χ0) is 24.0. The van der Waals surface area contributed by atoms with E-state index in [1.165, 1.54) is 0 Å². The molecule has 0 radical (unpaired) electrons. The molecule has 3 aromatic carbocycles. The Morgan fingerprint density at radius 2 is 1.41 bits per heavy atom. The number of halogens is 3. The van der Waals surface area contributed by atoms with Crippen LogP contribution in [0.4, 0.5) is 13.2 Å². The van der Waals surface area contributed by atoms with Crippen molar-refractivity contribution in [2.75, 3.05) is 6.61 Å². The summed E-state index contributed by atoms with van der Waals surface area (Å²) in [4.78, 5) is 12.5. The highest BCUT2D eigenvalue weighted by Crippen LogP contribution is 2.24. The molecule has 34 heavy (non-hydrogen) atoms. The first kappa shape index (κ1) is 23.2. The van der Waals surface area contributed by atoms with Crippen LogP contribution in [0, 0.1) is 0 Å². The van der Waals surface area contributed by atoms with Gasteiger partial charge >= 0.3 is 6.18 Å². The van der Waals surface area contributed by atoms with E-state index in [1.54, 1.807) is 48.5 Å². The minimum Gasteiger partial charge on any atom is -0.416 e. The maximum Gasteiger partial charge on any atom is 0.411 e. The monoisotopic (exact) mass is 467 g/mol. The molecule has 6 nitrogen and oxygen atoms in total. The number of benzene rings is 3. The van der Waals surface area contributed by atoms with Crippen LogP contribution in [0.3, 0.4) is 0 Å². The fraction of sp³-hybridized carbons (Fsp3) is 0.160. The van der Waals surface area contributed by atoms with Crippen LogP contribution in [0.25, 0.3) is 22.9 Å². The van der Waals surface area contributed by atoms with E-state index < -0.39 is 12.8 Å². The maximum atomic E-state index is 12.5. The molecule has 0 atom stereocenters. The van der Waals surface area contributed by atoms with Crippen LogP contribution < -0.4 is 5.32 Å². The quantitative estimate of drug-likeness (QED) is 0.375. The van der Waals surface area contributed by atoms with E-state index in [0.29, 0.717) is 28.5 Å². The van der Waals surface area contributed by atoms with Gasteiger partial charge in [-0.1, -0.05) is 42.5 Å². The molecule has 1 N–H and O–H groups in total. The molecular weight excluding hydrogens is 447 g/mol. The number of ether oxygens (including phenoxy) is 1. The van der Waals surface area contributed by atoms with Gasteiger partial charge in [-0.3, -0.25) is 4.79 Å². The summed E-state index contributed by atoms with van der Waals surface area (Å²) < 4.78 is 46.8. The first-order chi connectivity index (χ1) is 16.4. The number of hydrogen-bond acceptors (Lipinski definition) is 5. The van der Waals surface area contributed by atoms with Crippen molar-refractivity contribution in [2.24, 2.45) is 0 Å². The van der Waals surface area contributed by atoms with Gasteiger partial charge in [-0.2, -0.15) is 13.2 Å². The van der Waals surface area contributed by atoms with Crippen LogP contribution in [0.15, 0.2) is 83.3 Å². The number of nitrogens with one attached hydrogen (secondary N) is 1. The van der Waals surface area contributed by atoms with Crippen molar-refractivity contribution in [1.29, 1.82) is 0 Å². The number of amides is 1. The van der Waals surface area contributed by atoms with Crippen molar-refractivity contribution in [3.8, 4) is 22.9 Å². The molecular formula is C25H20F3N3O3. The Morgan fingerprint density at radius 3 is 2.03 bits per heavy atom. The van der Waals surface area contributed by atoms with Crippen LogP contribution in [-0.4, -0.2) is 28.9 Å². The average Bonchev–Trinajstić information content (AvgIpc) is 3.34. The highest BCUT2D eigenvalue weighted by Gasteiger charge is 2.27. The molecule has 0 aliphatic carbocycles. The highest BCUT2D eigenvalue weighted by molar-refractivity contribution is 5.94. The second-order valence-electron chi connectivity index (χ2n) is 7.46. The van der Waals surface area contributed by atoms with Crippen molar-refractivity contribution >= 4 is 5.91 Å². The van der Waals surface area contributed by atoms with Crippen molar-refractivity contribution in [2.45, 2.75) is 19.3 Å². The molecule has 0 aliphatic heterocycles. The topological polar surface area (TPSA) is 77.2 Å². The van der Waals surface area contributed by atoms with E-state index in [1.807, 2.05) is 30.3 Å². The highest BCUT2D eigenvalue weighted by atomic mass is 19.4. The number of alkyl halides is 3. The van der Waals surface area contributed by atoms with Gasteiger partial charge in [0.2, 0.25) is 11.8 Å². The van der Waals surface area contributed by atoms with Crippen LogP contribution in [0.1, 0.15) is 21.5 Å². The van der Waals surface area contributed by atoms with Gasteiger partial charge in [0.05, 0.1) is 6.61 Å². The molecule has 0 spiro atoms. The zero-order valence-corrected chi connectivity index (χ0v) is 17.9. The summed E-state index contributed by atoms with van der Waals surface area (Å²) in [6.45, 7) is -1.15. The van der Waals surface area contributed by atoms with E-state index >= 15 is 0 Å². The van der Waals surface area contributed by atoms with Gasteiger partial charge in [0, 0.05) is 23.2 Å².